The van der Waals surface area contributed by atoms with Gasteiger partial charge >= 0.3 is 17.9 Å². The molecule has 0 saturated carbocycles. The van der Waals surface area contributed by atoms with Gasteiger partial charge in [-0.3, -0.25) is 34.2 Å². The molecule has 46 heavy (non-hydrogen) atoms. The molecular weight excluding hydrogens is 610 g/mol. The fourth-order valence-electron chi connectivity index (χ4n) is 4.15. The van der Waals surface area contributed by atoms with Gasteiger partial charge in [0.25, 0.3) is 0 Å². The summed E-state index contributed by atoms with van der Waals surface area (Å²) in [7, 11) is 0. The maximum absolute atomic E-state index is 13.4. The van der Waals surface area contributed by atoms with Gasteiger partial charge in [-0.1, -0.05) is 20.3 Å². The zero-order valence-electron chi connectivity index (χ0n) is 26.2. The monoisotopic (exact) mass is 659 g/mol. The molecule has 0 rings (SSSR count). The summed E-state index contributed by atoms with van der Waals surface area (Å²) in [5.74, 6) is -8.29. The van der Waals surface area contributed by atoms with Gasteiger partial charge in [0.1, 0.15) is 24.2 Å². The van der Waals surface area contributed by atoms with E-state index in [4.69, 9.17) is 32.8 Å². The minimum atomic E-state index is -1.80. The van der Waals surface area contributed by atoms with Crippen molar-refractivity contribution in [3.63, 3.8) is 0 Å². The van der Waals surface area contributed by atoms with E-state index < -0.39 is 84.6 Å². The number of rotatable bonds is 24. The largest absolute Gasteiger partial charge is 0.481 e. The summed E-state index contributed by atoms with van der Waals surface area (Å²) in [5.41, 5.74) is 16.6. The Kier molecular flexibility index (Phi) is 19.9. The van der Waals surface area contributed by atoms with Crippen LogP contribution in [0.4, 0.5) is 0 Å². The van der Waals surface area contributed by atoms with Crippen LogP contribution in [-0.2, 0) is 33.6 Å². The van der Waals surface area contributed by atoms with Gasteiger partial charge in [-0.2, -0.15) is 0 Å². The van der Waals surface area contributed by atoms with Gasteiger partial charge in [-0.05, 0) is 51.0 Å². The second kappa shape index (κ2) is 22.1. The maximum Gasteiger partial charge on any atom is 0.326 e. The Balaban J connectivity index is 5.99. The van der Waals surface area contributed by atoms with Crippen LogP contribution in [0.3, 0.4) is 0 Å². The Labute approximate surface area is 266 Å². The SMILES string of the molecule is CC(C)C[C@H](NC(=O)[C@H](CCC(=O)O)NC(=O)[C@@H](N)CCCCN)C(=O)N[C@@H](CCCNC(=N)N)C(=O)N[C@H](CC(=O)O)C(=O)O. The van der Waals surface area contributed by atoms with Gasteiger partial charge in [0.05, 0.1) is 12.5 Å². The molecule has 0 aromatic carbocycles. The topological polar surface area (TPSA) is 342 Å². The third-order valence-corrected chi connectivity index (χ3v) is 6.54. The number of carboxylic acids is 3. The molecule has 19 heteroatoms. The van der Waals surface area contributed by atoms with E-state index in [0.717, 1.165) is 0 Å². The smallest absolute Gasteiger partial charge is 0.326 e. The molecular formula is C27H49N9O10. The van der Waals surface area contributed by atoms with Crippen molar-refractivity contribution in [2.45, 2.75) is 102 Å². The number of nitrogens with two attached hydrogens (primary N) is 3. The molecule has 19 nitrogen and oxygen atoms in total. The average molecular weight is 660 g/mol. The maximum atomic E-state index is 13.4. The molecule has 0 radical (unpaired) electrons. The zero-order chi connectivity index (χ0) is 35.4. The van der Waals surface area contributed by atoms with Gasteiger partial charge in [0.2, 0.25) is 23.6 Å². The second-order valence-corrected chi connectivity index (χ2v) is 11.1. The van der Waals surface area contributed by atoms with Crippen molar-refractivity contribution in [1.82, 2.24) is 26.6 Å². The highest BCUT2D eigenvalue weighted by molar-refractivity contribution is 5.96. The summed E-state index contributed by atoms with van der Waals surface area (Å²) in [4.78, 5) is 86.2. The molecule has 0 aliphatic rings. The van der Waals surface area contributed by atoms with Crippen molar-refractivity contribution in [1.29, 1.82) is 5.41 Å². The van der Waals surface area contributed by atoms with E-state index in [1.165, 1.54) is 0 Å². The van der Waals surface area contributed by atoms with Crippen molar-refractivity contribution in [3.05, 3.63) is 0 Å². The highest BCUT2D eigenvalue weighted by Crippen LogP contribution is 2.10. The molecule has 5 atom stereocenters. The van der Waals surface area contributed by atoms with Crippen LogP contribution in [0.5, 0.6) is 0 Å². The molecule has 0 saturated heterocycles. The van der Waals surface area contributed by atoms with Crippen LogP contribution in [0, 0.1) is 11.3 Å². The summed E-state index contributed by atoms with van der Waals surface area (Å²) in [6.07, 6.45) is -0.173. The number of carbonyl (C=O) groups is 7. The molecule has 0 aromatic rings. The summed E-state index contributed by atoms with van der Waals surface area (Å²) in [6.45, 7) is 4.00. The first kappa shape index (κ1) is 41.5. The van der Waals surface area contributed by atoms with E-state index in [2.05, 4.69) is 26.6 Å². The normalized spacial score (nSPS) is 14.1. The minimum Gasteiger partial charge on any atom is -0.481 e. The fraction of sp³-hybridized carbons (Fsp3) is 0.704. The molecule has 0 aliphatic heterocycles. The number of aliphatic carboxylic acids is 3. The van der Waals surface area contributed by atoms with Crippen LogP contribution >= 0.6 is 0 Å². The number of carboxylic acid groups (broad SMARTS) is 3. The Bertz CT molecular complexity index is 1070. The number of unbranched alkanes of at least 4 members (excludes halogenated alkanes) is 1. The van der Waals surface area contributed by atoms with E-state index in [1.807, 2.05) is 0 Å². The van der Waals surface area contributed by atoms with Gasteiger partial charge in [0, 0.05) is 13.0 Å². The Morgan fingerprint density at radius 2 is 1.22 bits per heavy atom. The quantitative estimate of drug-likeness (QED) is 0.0281. The van der Waals surface area contributed by atoms with Crippen molar-refractivity contribution in [2.75, 3.05) is 13.1 Å². The first-order chi connectivity index (χ1) is 21.5. The van der Waals surface area contributed by atoms with E-state index in [0.29, 0.717) is 19.4 Å². The summed E-state index contributed by atoms with van der Waals surface area (Å²) < 4.78 is 0. The van der Waals surface area contributed by atoms with E-state index in [9.17, 15) is 38.7 Å². The molecule has 0 unspecified atom stereocenters. The van der Waals surface area contributed by atoms with E-state index >= 15 is 0 Å². The third kappa shape index (κ3) is 18.3. The first-order valence-electron chi connectivity index (χ1n) is 14.9. The Morgan fingerprint density at radius 3 is 1.72 bits per heavy atom. The highest BCUT2D eigenvalue weighted by atomic mass is 16.4. The number of guanidine groups is 1. The van der Waals surface area contributed by atoms with Gasteiger partial charge in [-0.15, -0.1) is 0 Å². The number of amides is 4. The summed E-state index contributed by atoms with van der Waals surface area (Å²) in [6, 6.07) is -6.83. The lowest BCUT2D eigenvalue weighted by Gasteiger charge is -2.27. The van der Waals surface area contributed by atoms with Crippen LogP contribution in [0.1, 0.15) is 71.6 Å². The van der Waals surface area contributed by atoms with Crippen molar-refractivity contribution in [2.24, 2.45) is 23.1 Å². The molecule has 0 fully saturated rings. The fourth-order valence-corrected chi connectivity index (χ4v) is 4.15. The lowest BCUT2D eigenvalue weighted by Crippen LogP contribution is -2.58. The van der Waals surface area contributed by atoms with Crippen LogP contribution in [-0.4, -0.2) is 106 Å². The van der Waals surface area contributed by atoms with Gasteiger partial charge in [-0.25, -0.2) is 4.79 Å². The first-order valence-corrected chi connectivity index (χ1v) is 14.9. The lowest BCUT2D eigenvalue weighted by atomic mass is 10.0. The minimum absolute atomic E-state index is 0.0484. The van der Waals surface area contributed by atoms with E-state index in [-0.39, 0.29) is 50.5 Å². The molecule has 4 amide bonds. The predicted octanol–water partition coefficient (Wildman–Crippen LogP) is -2.88. The summed E-state index contributed by atoms with van der Waals surface area (Å²) >= 11 is 0. The lowest BCUT2D eigenvalue weighted by molar-refractivity contribution is -0.147. The van der Waals surface area contributed by atoms with Gasteiger partial charge < -0.3 is 59.1 Å². The predicted molar refractivity (Wildman–Crippen MR) is 164 cm³/mol. The standard InChI is InChI=1S/C27H49N9O10/c1-14(2)12-18(35-24(43)17(8-9-20(37)38)33-22(41)15(29)6-3-4-10-28)25(44)34-16(7-5-11-32-27(30)31)23(42)36-19(26(45)46)13-21(39)40/h14-19H,3-13,28-29H2,1-2H3,(H,33,41)(H,34,44)(H,35,43)(H,36,42)(H,37,38)(H,39,40)(H,45,46)(H4,30,31,32)/t15-,16-,17-,18-,19+/m0/s1. The number of hydrogen-bond donors (Lipinski definition) is 12. The number of nitrogens with one attached hydrogen (secondary N) is 6. The molecule has 0 aliphatic carbocycles. The zero-order valence-corrected chi connectivity index (χ0v) is 26.2. The van der Waals surface area contributed by atoms with Crippen molar-refractivity contribution >= 4 is 47.5 Å². The number of hydrogen-bond acceptors (Lipinski definition) is 10. The van der Waals surface area contributed by atoms with Crippen LogP contribution in [0.2, 0.25) is 0 Å². The average Bonchev–Trinajstić information content (AvgIpc) is 2.94. The molecule has 15 N–H and O–H groups in total. The van der Waals surface area contributed by atoms with Gasteiger partial charge in [0.15, 0.2) is 5.96 Å². The second-order valence-electron chi connectivity index (χ2n) is 11.1. The molecule has 0 spiro atoms. The van der Waals surface area contributed by atoms with Crippen LogP contribution in [0.15, 0.2) is 0 Å². The number of carbonyl (C=O) groups excluding carboxylic acids is 4. The van der Waals surface area contributed by atoms with Crippen LogP contribution < -0.4 is 43.8 Å². The molecule has 0 aromatic heterocycles. The van der Waals surface area contributed by atoms with Crippen LogP contribution in [0.25, 0.3) is 0 Å². The molecule has 0 heterocycles. The summed E-state index contributed by atoms with van der Waals surface area (Å²) in [5, 5.41) is 46.8. The van der Waals surface area contributed by atoms with Crippen molar-refractivity contribution < 1.29 is 48.9 Å². The molecule has 0 bridgehead atoms. The molecule has 262 valence electrons. The third-order valence-electron chi connectivity index (χ3n) is 6.54. The van der Waals surface area contributed by atoms with Crippen molar-refractivity contribution in [3.8, 4) is 0 Å². The highest BCUT2D eigenvalue weighted by Gasteiger charge is 2.32. The Morgan fingerprint density at radius 1 is 0.696 bits per heavy atom. The Hall–Kier alpha value is -4.52. The van der Waals surface area contributed by atoms with E-state index in [1.54, 1.807) is 13.8 Å².